The number of hydrogen-bond donors (Lipinski definition) is 1. The number of aromatic nitrogens is 2. The van der Waals surface area contributed by atoms with Crippen molar-refractivity contribution in [3.05, 3.63) is 16.3 Å². The molecule has 0 amide bonds. The number of nitrogen functional groups attached to an aromatic ring is 1. The first-order valence-corrected chi connectivity index (χ1v) is 6.48. The van der Waals surface area contributed by atoms with Crippen molar-refractivity contribution in [1.82, 2.24) is 14.9 Å². The lowest BCUT2D eigenvalue weighted by molar-refractivity contribution is -0.386. The van der Waals surface area contributed by atoms with Crippen LogP contribution in [0.3, 0.4) is 0 Å². The number of anilines is 1. The van der Waals surface area contributed by atoms with Gasteiger partial charge in [0, 0.05) is 18.6 Å². The number of hydrogen-bond acceptors (Lipinski definition) is 7. The van der Waals surface area contributed by atoms with Crippen LogP contribution in [0.5, 0.6) is 5.88 Å². The summed E-state index contributed by atoms with van der Waals surface area (Å²) in [7, 11) is 0. The molecule has 0 saturated carbocycles. The van der Waals surface area contributed by atoms with Crippen molar-refractivity contribution < 1.29 is 9.66 Å². The molecule has 8 heteroatoms. The largest absolute Gasteiger partial charge is 0.471 e. The summed E-state index contributed by atoms with van der Waals surface area (Å²) in [6, 6.07) is 0.730. The first-order valence-electron chi connectivity index (χ1n) is 6.48. The predicted molar refractivity (Wildman–Crippen MR) is 75.6 cm³/mol. The summed E-state index contributed by atoms with van der Waals surface area (Å²) in [5.41, 5.74) is 5.14. The average molecular weight is 283 g/mol. The van der Waals surface area contributed by atoms with Crippen molar-refractivity contribution in [3.8, 4) is 5.88 Å². The van der Waals surface area contributed by atoms with Gasteiger partial charge in [0.15, 0.2) is 0 Å². The fourth-order valence-electron chi connectivity index (χ4n) is 1.96. The van der Waals surface area contributed by atoms with Gasteiger partial charge in [0.1, 0.15) is 12.8 Å². The molecule has 0 aliphatic rings. The van der Waals surface area contributed by atoms with E-state index in [9.17, 15) is 10.1 Å². The van der Waals surface area contributed by atoms with Gasteiger partial charge in [-0.1, -0.05) is 0 Å². The third-order valence-electron chi connectivity index (χ3n) is 2.87. The van der Waals surface area contributed by atoms with Gasteiger partial charge in [-0.05, 0) is 27.7 Å². The molecule has 112 valence electrons. The Balaban J connectivity index is 2.70. The zero-order valence-electron chi connectivity index (χ0n) is 12.2. The van der Waals surface area contributed by atoms with Gasteiger partial charge in [-0.15, -0.1) is 0 Å². The van der Waals surface area contributed by atoms with Crippen LogP contribution in [-0.4, -0.2) is 45.0 Å². The maximum atomic E-state index is 10.8. The van der Waals surface area contributed by atoms with Crippen LogP contribution in [0.2, 0.25) is 0 Å². The lowest BCUT2D eigenvalue weighted by Gasteiger charge is -2.30. The molecule has 0 aromatic carbocycles. The highest BCUT2D eigenvalue weighted by Gasteiger charge is 2.19. The molecule has 0 bridgehead atoms. The summed E-state index contributed by atoms with van der Waals surface area (Å²) < 4.78 is 5.40. The van der Waals surface area contributed by atoms with Crippen molar-refractivity contribution in [3.63, 3.8) is 0 Å². The molecule has 0 aliphatic carbocycles. The SMILES string of the molecule is CC(C)N(CCOc1nc(N)ncc1[N+](=O)[O-])C(C)C. The molecular formula is C12H21N5O3. The van der Waals surface area contributed by atoms with E-state index in [-0.39, 0.29) is 17.5 Å². The Morgan fingerprint density at radius 1 is 1.40 bits per heavy atom. The standard InChI is InChI=1S/C12H21N5O3/c1-8(2)16(9(3)4)5-6-20-11-10(17(18)19)7-14-12(13)15-11/h7-9H,5-6H2,1-4H3,(H2,13,14,15). The van der Waals surface area contributed by atoms with Gasteiger partial charge < -0.3 is 10.5 Å². The Kier molecular flexibility index (Phi) is 5.63. The van der Waals surface area contributed by atoms with E-state index in [0.717, 1.165) is 6.20 Å². The first-order chi connectivity index (χ1) is 9.32. The van der Waals surface area contributed by atoms with Crippen molar-refractivity contribution in [2.24, 2.45) is 0 Å². The van der Waals surface area contributed by atoms with Gasteiger partial charge in [0.2, 0.25) is 5.95 Å². The molecule has 1 rings (SSSR count). The smallest absolute Gasteiger partial charge is 0.349 e. The maximum absolute atomic E-state index is 10.8. The van der Waals surface area contributed by atoms with Crippen molar-refractivity contribution >= 4 is 11.6 Å². The summed E-state index contributed by atoms with van der Waals surface area (Å²) in [5.74, 6) is -0.134. The van der Waals surface area contributed by atoms with Crippen LogP contribution in [0.4, 0.5) is 11.6 Å². The van der Waals surface area contributed by atoms with E-state index in [1.165, 1.54) is 0 Å². The fraction of sp³-hybridized carbons (Fsp3) is 0.667. The summed E-state index contributed by atoms with van der Waals surface area (Å²) in [6.45, 7) is 9.30. The van der Waals surface area contributed by atoms with Gasteiger partial charge in [-0.25, -0.2) is 4.98 Å². The average Bonchev–Trinajstić information content (AvgIpc) is 2.33. The second-order valence-corrected chi connectivity index (χ2v) is 4.95. The van der Waals surface area contributed by atoms with Crippen molar-refractivity contribution in [2.45, 2.75) is 39.8 Å². The van der Waals surface area contributed by atoms with E-state index in [0.29, 0.717) is 25.2 Å². The molecule has 8 nitrogen and oxygen atoms in total. The van der Waals surface area contributed by atoms with Gasteiger partial charge in [-0.3, -0.25) is 15.0 Å². The highest BCUT2D eigenvalue weighted by Crippen LogP contribution is 2.23. The van der Waals surface area contributed by atoms with E-state index >= 15 is 0 Å². The molecule has 0 atom stereocenters. The molecule has 1 heterocycles. The Bertz CT molecular complexity index is 456. The lowest BCUT2D eigenvalue weighted by atomic mass is 10.2. The summed E-state index contributed by atoms with van der Waals surface area (Å²) in [4.78, 5) is 19.8. The Morgan fingerprint density at radius 2 is 2.00 bits per heavy atom. The van der Waals surface area contributed by atoms with Crippen LogP contribution >= 0.6 is 0 Å². The third-order valence-corrected chi connectivity index (χ3v) is 2.87. The van der Waals surface area contributed by atoms with Gasteiger partial charge >= 0.3 is 5.69 Å². The van der Waals surface area contributed by atoms with E-state index in [4.69, 9.17) is 10.5 Å². The minimum absolute atomic E-state index is 0.0461. The Labute approximate surface area is 118 Å². The summed E-state index contributed by atoms with van der Waals surface area (Å²) >= 11 is 0. The number of ether oxygens (including phenoxy) is 1. The van der Waals surface area contributed by atoms with Gasteiger partial charge in [-0.2, -0.15) is 4.98 Å². The lowest BCUT2D eigenvalue weighted by Crippen LogP contribution is -2.39. The second kappa shape index (κ2) is 6.99. The molecule has 0 unspecified atom stereocenters. The summed E-state index contributed by atoms with van der Waals surface area (Å²) in [5, 5.41) is 10.8. The van der Waals surface area contributed by atoms with E-state index in [1.807, 2.05) is 0 Å². The molecule has 1 aromatic rings. The molecule has 0 saturated heterocycles. The topological polar surface area (TPSA) is 107 Å². The van der Waals surface area contributed by atoms with Crippen molar-refractivity contribution in [2.75, 3.05) is 18.9 Å². The molecular weight excluding hydrogens is 262 g/mol. The van der Waals surface area contributed by atoms with Crippen LogP contribution in [0, 0.1) is 10.1 Å². The van der Waals surface area contributed by atoms with Crippen LogP contribution in [0.25, 0.3) is 0 Å². The monoisotopic (exact) mass is 283 g/mol. The van der Waals surface area contributed by atoms with Gasteiger partial charge in [0.25, 0.3) is 5.88 Å². The number of nitro groups is 1. The normalized spacial score (nSPS) is 11.3. The number of nitrogens with two attached hydrogens (primary N) is 1. The van der Waals surface area contributed by atoms with Crippen LogP contribution in [0.1, 0.15) is 27.7 Å². The van der Waals surface area contributed by atoms with E-state index < -0.39 is 4.92 Å². The zero-order chi connectivity index (χ0) is 15.3. The van der Waals surface area contributed by atoms with Gasteiger partial charge in [0.05, 0.1) is 4.92 Å². The molecule has 20 heavy (non-hydrogen) atoms. The number of nitrogens with zero attached hydrogens (tertiary/aromatic N) is 4. The van der Waals surface area contributed by atoms with E-state index in [2.05, 4.69) is 42.6 Å². The molecule has 0 radical (unpaired) electrons. The molecule has 2 N–H and O–H groups in total. The quantitative estimate of drug-likeness (QED) is 0.596. The predicted octanol–water partition coefficient (Wildman–Crippen LogP) is 1.46. The maximum Gasteiger partial charge on any atom is 0.349 e. The second-order valence-electron chi connectivity index (χ2n) is 4.95. The minimum Gasteiger partial charge on any atom is -0.471 e. The van der Waals surface area contributed by atoms with Crippen LogP contribution in [-0.2, 0) is 0 Å². The molecule has 0 spiro atoms. The van der Waals surface area contributed by atoms with Crippen LogP contribution in [0.15, 0.2) is 6.20 Å². The van der Waals surface area contributed by atoms with Crippen molar-refractivity contribution in [1.29, 1.82) is 0 Å². The van der Waals surface area contributed by atoms with E-state index in [1.54, 1.807) is 0 Å². The highest BCUT2D eigenvalue weighted by molar-refractivity contribution is 5.41. The Morgan fingerprint density at radius 3 is 2.50 bits per heavy atom. The molecule has 1 aromatic heterocycles. The molecule has 0 aliphatic heterocycles. The third kappa shape index (κ3) is 4.30. The molecule has 0 fully saturated rings. The Hall–Kier alpha value is -1.96. The fourth-order valence-corrected chi connectivity index (χ4v) is 1.96. The zero-order valence-corrected chi connectivity index (χ0v) is 12.2. The van der Waals surface area contributed by atoms with Crippen LogP contribution < -0.4 is 10.5 Å². The minimum atomic E-state index is -0.586. The summed E-state index contributed by atoms with van der Waals surface area (Å²) in [6.07, 6.45) is 1.06. The number of rotatable bonds is 7. The highest BCUT2D eigenvalue weighted by atomic mass is 16.6. The first kappa shape index (κ1) is 16.1.